The summed E-state index contributed by atoms with van der Waals surface area (Å²) in [7, 11) is 2.18. The van der Waals surface area contributed by atoms with Crippen molar-refractivity contribution >= 4 is 22.3 Å². The molecule has 3 atom stereocenters. The molecule has 9 heteroatoms. The first-order valence-corrected chi connectivity index (χ1v) is 15.6. The number of hydrogen-bond acceptors (Lipinski definition) is 9. The Bertz CT molecular complexity index is 1480. The Morgan fingerprint density at radius 1 is 1.05 bits per heavy atom. The molecule has 9 nitrogen and oxygen atoms in total. The van der Waals surface area contributed by atoms with Gasteiger partial charge in [0.25, 0.3) is 0 Å². The molecule has 0 bridgehead atoms. The van der Waals surface area contributed by atoms with Crippen LogP contribution in [0.3, 0.4) is 0 Å². The fourth-order valence-corrected chi connectivity index (χ4v) is 7.17. The predicted octanol–water partition coefficient (Wildman–Crippen LogP) is 3.35. The molecule has 3 unspecified atom stereocenters. The number of anilines is 2. The van der Waals surface area contributed by atoms with Crippen LogP contribution >= 0.6 is 0 Å². The largest absolute Gasteiger partial charge is 0.462 e. The Labute approximate surface area is 249 Å². The van der Waals surface area contributed by atoms with E-state index in [1.165, 1.54) is 34.0 Å². The van der Waals surface area contributed by atoms with E-state index in [0.717, 1.165) is 76.7 Å². The molecule has 2 aromatic carbocycles. The Morgan fingerprint density at radius 2 is 1.90 bits per heavy atom. The van der Waals surface area contributed by atoms with E-state index in [0.29, 0.717) is 31.1 Å². The number of hydrogen-bond donors (Lipinski definition) is 1. The Morgan fingerprint density at radius 3 is 2.69 bits per heavy atom. The molecule has 1 aromatic heterocycles. The molecule has 0 spiro atoms. The third kappa shape index (κ3) is 5.51. The molecule has 0 saturated carbocycles. The van der Waals surface area contributed by atoms with Crippen molar-refractivity contribution in [2.75, 3.05) is 69.3 Å². The zero-order chi connectivity index (χ0) is 28.6. The van der Waals surface area contributed by atoms with Crippen LogP contribution in [0.5, 0.6) is 6.01 Å². The molecule has 1 N–H and O–H groups in total. The second-order valence-corrected chi connectivity index (χ2v) is 12.5. The molecule has 0 aliphatic carbocycles. The van der Waals surface area contributed by atoms with Crippen LogP contribution in [-0.2, 0) is 13.0 Å². The molecular weight excluding hydrogens is 524 g/mol. The normalized spacial score (nSPS) is 24.5. The minimum atomic E-state index is 0.201. The average Bonchev–Trinajstić information content (AvgIpc) is 3.73. The van der Waals surface area contributed by atoms with Gasteiger partial charge in [-0.1, -0.05) is 30.3 Å². The molecule has 3 aromatic rings. The van der Waals surface area contributed by atoms with Gasteiger partial charge in [0.1, 0.15) is 12.4 Å². The SMILES string of the molecule is Cc1cccc2cccc(N3CCc4c(nc(OCC5CCCN5C)nc4N4CCN(CC5CN5)C(CC#N)C4)C3)c12. The minimum absolute atomic E-state index is 0.201. The molecule has 3 fully saturated rings. The number of rotatable bonds is 8. The Kier molecular flexibility index (Phi) is 7.61. The van der Waals surface area contributed by atoms with Crippen LogP contribution in [-0.4, -0.2) is 97.4 Å². The third-order valence-corrected chi connectivity index (χ3v) is 9.71. The van der Waals surface area contributed by atoms with Gasteiger partial charge in [0.05, 0.1) is 24.7 Å². The summed E-state index contributed by atoms with van der Waals surface area (Å²) in [4.78, 5) is 19.9. The number of nitrogens with one attached hydrogen (secondary N) is 1. The topological polar surface area (TPSA) is 93.7 Å². The number of likely N-dealkylation sites (tertiary alicyclic amines) is 1. The van der Waals surface area contributed by atoms with Gasteiger partial charge in [-0.3, -0.25) is 4.90 Å². The molecule has 5 heterocycles. The van der Waals surface area contributed by atoms with E-state index >= 15 is 0 Å². The van der Waals surface area contributed by atoms with E-state index in [1.54, 1.807) is 0 Å². The summed E-state index contributed by atoms with van der Waals surface area (Å²) >= 11 is 0. The quantitative estimate of drug-likeness (QED) is 0.412. The first-order valence-electron chi connectivity index (χ1n) is 15.6. The molecule has 4 aliphatic rings. The number of aryl methyl sites for hydroxylation is 1. The van der Waals surface area contributed by atoms with E-state index in [1.807, 2.05) is 0 Å². The molecule has 0 amide bonds. The number of nitriles is 1. The van der Waals surface area contributed by atoms with Crippen molar-refractivity contribution in [3.63, 3.8) is 0 Å². The standard InChI is InChI=1S/C33H42N8O/c1-23-6-3-7-24-8-4-10-30(31(23)24)40-15-12-28-29(21-40)36-33(42-22-27-9-5-14-38(27)2)37-32(28)41-17-16-39(19-25-18-35-25)26(20-41)11-13-34/h3-4,6-8,10,25-27,35H,5,9,11-12,14-22H2,1-2H3. The molecule has 4 aliphatic heterocycles. The van der Waals surface area contributed by atoms with Gasteiger partial charge in [0, 0.05) is 74.0 Å². The van der Waals surface area contributed by atoms with Gasteiger partial charge in [-0.15, -0.1) is 0 Å². The fraction of sp³-hybridized carbons (Fsp3) is 0.545. The lowest BCUT2D eigenvalue weighted by Crippen LogP contribution is -2.54. The lowest BCUT2D eigenvalue weighted by molar-refractivity contribution is 0.177. The van der Waals surface area contributed by atoms with Gasteiger partial charge in [-0.25, -0.2) is 0 Å². The highest BCUT2D eigenvalue weighted by molar-refractivity contribution is 5.97. The van der Waals surface area contributed by atoms with Gasteiger partial charge in [0.15, 0.2) is 0 Å². The van der Waals surface area contributed by atoms with Crippen LogP contribution < -0.4 is 19.9 Å². The highest BCUT2D eigenvalue weighted by Crippen LogP contribution is 2.36. The van der Waals surface area contributed by atoms with Crippen molar-refractivity contribution in [1.29, 1.82) is 5.26 Å². The average molecular weight is 567 g/mol. The number of ether oxygens (including phenoxy) is 1. The molecule has 220 valence electrons. The second kappa shape index (κ2) is 11.7. The van der Waals surface area contributed by atoms with Gasteiger partial charge in [-0.2, -0.15) is 15.2 Å². The fourth-order valence-electron chi connectivity index (χ4n) is 7.17. The molecule has 0 radical (unpaired) electrons. The number of fused-ring (bicyclic) bond motifs is 2. The summed E-state index contributed by atoms with van der Waals surface area (Å²) in [5.74, 6) is 1.01. The maximum absolute atomic E-state index is 9.64. The highest BCUT2D eigenvalue weighted by atomic mass is 16.5. The Hall–Kier alpha value is -3.45. The smallest absolute Gasteiger partial charge is 0.318 e. The maximum Gasteiger partial charge on any atom is 0.318 e. The summed E-state index contributed by atoms with van der Waals surface area (Å²) < 4.78 is 6.36. The van der Waals surface area contributed by atoms with E-state index < -0.39 is 0 Å². The monoisotopic (exact) mass is 566 g/mol. The molecule has 42 heavy (non-hydrogen) atoms. The molecule has 7 rings (SSSR count). The van der Waals surface area contributed by atoms with Crippen molar-refractivity contribution in [2.24, 2.45) is 0 Å². The van der Waals surface area contributed by atoms with Crippen LogP contribution in [0.4, 0.5) is 11.5 Å². The number of aromatic nitrogens is 2. The maximum atomic E-state index is 9.64. The number of likely N-dealkylation sites (N-methyl/N-ethyl adjacent to an activating group) is 1. The first kappa shape index (κ1) is 27.4. The van der Waals surface area contributed by atoms with Crippen LogP contribution in [0.2, 0.25) is 0 Å². The number of piperazine rings is 1. The third-order valence-electron chi connectivity index (χ3n) is 9.71. The van der Waals surface area contributed by atoms with E-state index in [4.69, 9.17) is 14.7 Å². The predicted molar refractivity (Wildman–Crippen MR) is 166 cm³/mol. The van der Waals surface area contributed by atoms with Crippen LogP contribution in [0.1, 0.15) is 36.1 Å². The zero-order valence-corrected chi connectivity index (χ0v) is 24.9. The molecular formula is C33H42N8O. The summed E-state index contributed by atoms with van der Waals surface area (Å²) in [6.07, 6.45) is 3.77. The van der Waals surface area contributed by atoms with E-state index in [9.17, 15) is 5.26 Å². The van der Waals surface area contributed by atoms with Crippen molar-refractivity contribution in [3.05, 3.63) is 53.2 Å². The van der Waals surface area contributed by atoms with Crippen LogP contribution in [0.15, 0.2) is 36.4 Å². The van der Waals surface area contributed by atoms with Gasteiger partial charge < -0.3 is 24.8 Å². The molecule has 3 saturated heterocycles. The number of benzene rings is 2. The van der Waals surface area contributed by atoms with Gasteiger partial charge in [0.2, 0.25) is 0 Å². The zero-order valence-electron chi connectivity index (χ0n) is 24.9. The summed E-state index contributed by atoms with van der Waals surface area (Å²) in [6.45, 7) is 10.3. The van der Waals surface area contributed by atoms with Crippen molar-refractivity contribution < 1.29 is 4.74 Å². The van der Waals surface area contributed by atoms with Gasteiger partial charge in [-0.05, 0) is 56.8 Å². The van der Waals surface area contributed by atoms with Crippen LogP contribution in [0.25, 0.3) is 10.8 Å². The summed E-state index contributed by atoms with van der Waals surface area (Å²) in [6, 6.07) is 17.3. The number of nitrogens with zero attached hydrogens (tertiary/aromatic N) is 7. The van der Waals surface area contributed by atoms with Crippen LogP contribution in [0, 0.1) is 18.3 Å². The van der Waals surface area contributed by atoms with Crippen molar-refractivity contribution in [1.82, 2.24) is 25.1 Å². The van der Waals surface area contributed by atoms with Crippen molar-refractivity contribution in [3.8, 4) is 12.1 Å². The Balaban J connectivity index is 1.20. The lowest BCUT2D eigenvalue weighted by atomic mass is 9.99. The summed E-state index contributed by atoms with van der Waals surface area (Å²) in [5.41, 5.74) is 4.86. The first-order chi connectivity index (χ1) is 20.6. The highest BCUT2D eigenvalue weighted by Gasteiger charge is 2.35. The van der Waals surface area contributed by atoms with E-state index in [2.05, 4.69) is 81.4 Å². The van der Waals surface area contributed by atoms with Crippen molar-refractivity contribution in [2.45, 2.75) is 57.3 Å². The minimum Gasteiger partial charge on any atom is -0.462 e. The lowest BCUT2D eigenvalue weighted by Gasteiger charge is -2.42. The van der Waals surface area contributed by atoms with E-state index in [-0.39, 0.29) is 6.04 Å². The summed E-state index contributed by atoms with van der Waals surface area (Å²) in [5, 5.41) is 15.7. The van der Waals surface area contributed by atoms with Gasteiger partial charge >= 0.3 is 6.01 Å². The second-order valence-electron chi connectivity index (χ2n) is 12.5.